The van der Waals surface area contributed by atoms with E-state index in [9.17, 15) is 4.79 Å². The lowest BCUT2D eigenvalue weighted by atomic mass is 9.92. The minimum absolute atomic E-state index is 0.341. The van der Waals surface area contributed by atoms with Gasteiger partial charge in [-0.25, -0.2) is 4.98 Å². The SMILES string of the molecule is Cc1nc2ccccn2c1CN1CCC(CC(=O)N2CCN(c3ccccc3)CC2)CC1. The highest BCUT2D eigenvalue weighted by molar-refractivity contribution is 5.76. The number of piperazine rings is 1. The summed E-state index contributed by atoms with van der Waals surface area (Å²) in [7, 11) is 0. The molecular weight excluding hydrogens is 398 g/mol. The standard InChI is InChI=1S/C26H33N5O/c1-21-24(31-12-6-5-9-25(31)27-21)20-28-13-10-22(11-14-28)19-26(32)30-17-15-29(16-18-30)23-7-3-2-4-8-23/h2-9,12,22H,10-11,13-20H2,1H3. The Kier molecular flexibility index (Phi) is 6.12. The van der Waals surface area contributed by atoms with E-state index in [4.69, 9.17) is 4.98 Å². The number of aromatic nitrogens is 2. The lowest BCUT2D eigenvalue weighted by Crippen LogP contribution is -2.49. The van der Waals surface area contributed by atoms with Gasteiger partial charge in [-0.15, -0.1) is 0 Å². The molecule has 0 unspecified atom stereocenters. The Morgan fingerprint density at radius 2 is 1.66 bits per heavy atom. The second-order valence-electron chi connectivity index (χ2n) is 9.20. The highest BCUT2D eigenvalue weighted by Crippen LogP contribution is 2.24. The molecule has 3 aromatic rings. The van der Waals surface area contributed by atoms with Crippen LogP contribution in [0.3, 0.4) is 0 Å². The summed E-state index contributed by atoms with van der Waals surface area (Å²) in [5, 5.41) is 0. The van der Waals surface area contributed by atoms with Crippen LogP contribution in [0.4, 0.5) is 5.69 Å². The number of amides is 1. The van der Waals surface area contributed by atoms with Gasteiger partial charge in [-0.3, -0.25) is 9.69 Å². The predicted octanol–water partition coefficient (Wildman–Crippen LogP) is 3.59. The molecule has 0 saturated carbocycles. The number of hydrogen-bond acceptors (Lipinski definition) is 4. The zero-order valence-corrected chi connectivity index (χ0v) is 19.0. The number of para-hydroxylation sites is 1. The second kappa shape index (κ2) is 9.33. The number of fused-ring (bicyclic) bond motifs is 1. The zero-order valence-electron chi connectivity index (χ0n) is 19.0. The van der Waals surface area contributed by atoms with E-state index >= 15 is 0 Å². The lowest BCUT2D eigenvalue weighted by Gasteiger charge is -2.37. The number of hydrogen-bond donors (Lipinski definition) is 0. The fourth-order valence-corrected chi connectivity index (χ4v) is 5.14. The van der Waals surface area contributed by atoms with Gasteiger partial charge >= 0.3 is 0 Å². The van der Waals surface area contributed by atoms with Crippen molar-refractivity contribution in [2.45, 2.75) is 32.7 Å². The molecule has 2 saturated heterocycles. The van der Waals surface area contributed by atoms with Crippen molar-refractivity contribution in [1.82, 2.24) is 19.2 Å². The Morgan fingerprint density at radius 3 is 2.41 bits per heavy atom. The van der Waals surface area contributed by atoms with Gasteiger partial charge in [0, 0.05) is 51.0 Å². The number of anilines is 1. The number of piperidine rings is 1. The van der Waals surface area contributed by atoms with Gasteiger partial charge in [-0.1, -0.05) is 24.3 Å². The number of nitrogens with zero attached hydrogens (tertiary/aromatic N) is 5. The molecule has 4 heterocycles. The van der Waals surface area contributed by atoms with E-state index in [-0.39, 0.29) is 0 Å². The van der Waals surface area contributed by atoms with Gasteiger partial charge in [0.05, 0.1) is 11.4 Å². The molecule has 0 spiro atoms. The number of benzene rings is 1. The third-order valence-corrected chi connectivity index (χ3v) is 7.13. The van der Waals surface area contributed by atoms with Gasteiger partial charge in [-0.2, -0.15) is 0 Å². The minimum atomic E-state index is 0.341. The molecule has 1 amide bonds. The third kappa shape index (κ3) is 4.51. The maximum absolute atomic E-state index is 12.9. The van der Waals surface area contributed by atoms with Gasteiger partial charge in [0.25, 0.3) is 0 Å². The Bertz CT molecular complexity index is 1050. The van der Waals surface area contributed by atoms with E-state index in [0.29, 0.717) is 18.2 Å². The van der Waals surface area contributed by atoms with Crippen molar-refractivity contribution in [3.8, 4) is 0 Å². The summed E-state index contributed by atoms with van der Waals surface area (Å²) in [6.45, 7) is 8.66. The van der Waals surface area contributed by atoms with Crippen LogP contribution in [0, 0.1) is 12.8 Å². The Labute approximate surface area is 190 Å². The number of likely N-dealkylation sites (tertiary alicyclic amines) is 1. The summed E-state index contributed by atoms with van der Waals surface area (Å²) in [5.41, 5.74) is 4.68. The average molecular weight is 432 g/mol. The Morgan fingerprint density at radius 1 is 0.938 bits per heavy atom. The molecule has 0 radical (unpaired) electrons. The van der Waals surface area contributed by atoms with Crippen molar-refractivity contribution in [1.29, 1.82) is 0 Å². The molecule has 5 rings (SSSR count). The molecule has 0 bridgehead atoms. The van der Waals surface area contributed by atoms with E-state index in [1.807, 2.05) is 12.1 Å². The maximum Gasteiger partial charge on any atom is 0.222 e. The molecule has 6 heteroatoms. The fraction of sp³-hybridized carbons (Fsp3) is 0.462. The molecule has 0 atom stereocenters. The maximum atomic E-state index is 12.9. The van der Waals surface area contributed by atoms with E-state index in [0.717, 1.165) is 70.0 Å². The van der Waals surface area contributed by atoms with Crippen molar-refractivity contribution < 1.29 is 4.79 Å². The number of aryl methyl sites for hydroxylation is 1. The molecule has 2 aliphatic heterocycles. The van der Waals surface area contributed by atoms with E-state index < -0.39 is 0 Å². The largest absolute Gasteiger partial charge is 0.368 e. The van der Waals surface area contributed by atoms with Gasteiger partial charge in [0.15, 0.2) is 0 Å². The minimum Gasteiger partial charge on any atom is -0.368 e. The van der Waals surface area contributed by atoms with Crippen molar-refractivity contribution in [2.75, 3.05) is 44.2 Å². The van der Waals surface area contributed by atoms with Crippen molar-refractivity contribution in [3.63, 3.8) is 0 Å². The normalized spacial score (nSPS) is 18.4. The summed E-state index contributed by atoms with van der Waals surface area (Å²) < 4.78 is 2.21. The highest BCUT2D eigenvalue weighted by Gasteiger charge is 2.27. The third-order valence-electron chi connectivity index (χ3n) is 7.13. The second-order valence-corrected chi connectivity index (χ2v) is 9.20. The van der Waals surface area contributed by atoms with Crippen LogP contribution in [-0.2, 0) is 11.3 Å². The molecule has 2 fully saturated rings. The Hall–Kier alpha value is -2.86. The van der Waals surface area contributed by atoms with Gasteiger partial charge in [0.1, 0.15) is 5.65 Å². The number of rotatable bonds is 5. The van der Waals surface area contributed by atoms with Crippen LogP contribution >= 0.6 is 0 Å². The van der Waals surface area contributed by atoms with Crippen LogP contribution in [0.1, 0.15) is 30.7 Å². The van der Waals surface area contributed by atoms with Gasteiger partial charge in [-0.05, 0) is 63.0 Å². The Balaban J connectivity index is 1.09. The summed E-state index contributed by atoms with van der Waals surface area (Å²) in [4.78, 5) is 24.6. The summed E-state index contributed by atoms with van der Waals surface area (Å²) >= 11 is 0. The molecule has 2 aromatic heterocycles. The molecule has 1 aromatic carbocycles. The molecule has 2 aliphatic rings. The number of pyridine rings is 1. The first-order chi connectivity index (χ1) is 15.7. The van der Waals surface area contributed by atoms with E-state index in [1.165, 1.54) is 11.4 Å². The number of imidazole rings is 1. The highest BCUT2D eigenvalue weighted by atomic mass is 16.2. The van der Waals surface area contributed by atoms with Crippen LogP contribution in [-0.4, -0.2) is 64.4 Å². The summed E-state index contributed by atoms with van der Waals surface area (Å²) in [6.07, 6.45) is 5.01. The molecule has 6 nitrogen and oxygen atoms in total. The van der Waals surface area contributed by atoms with Crippen molar-refractivity contribution in [3.05, 3.63) is 66.1 Å². The van der Waals surface area contributed by atoms with Crippen LogP contribution in [0.5, 0.6) is 0 Å². The first kappa shape index (κ1) is 21.0. The lowest BCUT2D eigenvalue weighted by molar-refractivity contribution is -0.132. The number of carbonyl (C=O) groups is 1. The summed E-state index contributed by atoms with van der Waals surface area (Å²) in [6, 6.07) is 16.7. The smallest absolute Gasteiger partial charge is 0.222 e. The van der Waals surface area contributed by atoms with Crippen LogP contribution in [0.2, 0.25) is 0 Å². The van der Waals surface area contributed by atoms with E-state index in [2.05, 4.69) is 68.6 Å². The average Bonchev–Trinajstić information content (AvgIpc) is 3.16. The zero-order chi connectivity index (χ0) is 21.9. The topological polar surface area (TPSA) is 44.1 Å². The molecule has 32 heavy (non-hydrogen) atoms. The first-order valence-electron chi connectivity index (χ1n) is 11.9. The van der Waals surface area contributed by atoms with Crippen molar-refractivity contribution >= 4 is 17.2 Å². The number of carbonyl (C=O) groups excluding carboxylic acids is 1. The van der Waals surface area contributed by atoms with Crippen LogP contribution < -0.4 is 4.90 Å². The molecule has 168 valence electrons. The monoisotopic (exact) mass is 431 g/mol. The van der Waals surface area contributed by atoms with Crippen molar-refractivity contribution in [2.24, 2.45) is 5.92 Å². The first-order valence-corrected chi connectivity index (χ1v) is 11.9. The van der Waals surface area contributed by atoms with Crippen LogP contribution in [0.25, 0.3) is 5.65 Å². The van der Waals surface area contributed by atoms with Crippen LogP contribution in [0.15, 0.2) is 54.7 Å². The van der Waals surface area contributed by atoms with E-state index in [1.54, 1.807) is 0 Å². The summed E-state index contributed by atoms with van der Waals surface area (Å²) in [5.74, 6) is 0.850. The molecule has 0 aliphatic carbocycles. The fourth-order valence-electron chi connectivity index (χ4n) is 5.14. The molecular formula is C26H33N5O. The van der Waals surface area contributed by atoms with Gasteiger partial charge in [0.2, 0.25) is 5.91 Å². The predicted molar refractivity (Wildman–Crippen MR) is 128 cm³/mol. The molecule has 0 N–H and O–H groups in total. The quantitative estimate of drug-likeness (QED) is 0.619. The van der Waals surface area contributed by atoms with Gasteiger partial charge < -0.3 is 14.2 Å².